The summed E-state index contributed by atoms with van der Waals surface area (Å²) in [7, 11) is 0. The van der Waals surface area contributed by atoms with E-state index in [-0.39, 0.29) is 0 Å². The summed E-state index contributed by atoms with van der Waals surface area (Å²) in [5.41, 5.74) is 0.756. The van der Waals surface area contributed by atoms with Gasteiger partial charge in [0.25, 0.3) is 0 Å². The highest BCUT2D eigenvalue weighted by Gasteiger charge is 2.35. The topological polar surface area (TPSA) is 15.3 Å². The standard InChI is InChI=1S/C18H36N2/c1-3-8-17(19-13-4-2)16-20-14-11-18(12-15-20)9-6-5-7-10-18/h17,19H,3-16H2,1-2H3. The molecule has 0 aromatic heterocycles. The Morgan fingerprint density at radius 1 is 0.950 bits per heavy atom. The van der Waals surface area contributed by atoms with Gasteiger partial charge in [0.15, 0.2) is 0 Å². The van der Waals surface area contributed by atoms with E-state index >= 15 is 0 Å². The Kier molecular flexibility index (Phi) is 6.83. The average molecular weight is 280 g/mol. The van der Waals surface area contributed by atoms with Gasteiger partial charge in [-0.05, 0) is 63.6 Å². The molecule has 2 heteroatoms. The fraction of sp³-hybridized carbons (Fsp3) is 1.00. The predicted molar refractivity (Wildman–Crippen MR) is 88.2 cm³/mol. The number of piperidine rings is 1. The zero-order valence-electron chi connectivity index (χ0n) is 13.9. The quantitative estimate of drug-likeness (QED) is 0.752. The summed E-state index contributed by atoms with van der Waals surface area (Å²) in [5.74, 6) is 0. The molecule has 0 amide bonds. The van der Waals surface area contributed by atoms with Gasteiger partial charge in [0.2, 0.25) is 0 Å². The van der Waals surface area contributed by atoms with Crippen LogP contribution in [-0.4, -0.2) is 37.1 Å². The summed E-state index contributed by atoms with van der Waals surface area (Å²) < 4.78 is 0. The van der Waals surface area contributed by atoms with Crippen LogP contribution in [0.1, 0.15) is 78.1 Å². The lowest BCUT2D eigenvalue weighted by Crippen LogP contribution is -2.47. The van der Waals surface area contributed by atoms with E-state index in [1.807, 2.05) is 0 Å². The minimum Gasteiger partial charge on any atom is -0.313 e. The molecule has 2 aliphatic rings. The van der Waals surface area contributed by atoms with E-state index in [0.717, 1.165) is 11.5 Å². The predicted octanol–water partition coefficient (Wildman–Crippen LogP) is 4.20. The van der Waals surface area contributed by atoms with Gasteiger partial charge < -0.3 is 10.2 Å². The van der Waals surface area contributed by atoms with E-state index in [0.29, 0.717) is 0 Å². The maximum absolute atomic E-state index is 3.75. The Bertz CT molecular complexity index is 248. The van der Waals surface area contributed by atoms with Crippen LogP contribution in [0, 0.1) is 5.41 Å². The van der Waals surface area contributed by atoms with Crippen molar-refractivity contribution in [1.29, 1.82) is 0 Å². The molecule has 1 heterocycles. The first-order chi connectivity index (χ1) is 9.78. The van der Waals surface area contributed by atoms with Crippen LogP contribution in [0.4, 0.5) is 0 Å². The second kappa shape index (κ2) is 8.38. The molecular formula is C18H36N2. The molecule has 1 atom stereocenters. The zero-order valence-corrected chi connectivity index (χ0v) is 13.9. The molecule has 0 radical (unpaired) electrons. The Labute approximate surface area is 126 Å². The van der Waals surface area contributed by atoms with E-state index in [9.17, 15) is 0 Å². The van der Waals surface area contributed by atoms with E-state index in [1.165, 1.54) is 90.4 Å². The molecule has 1 aliphatic carbocycles. The van der Waals surface area contributed by atoms with Gasteiger partial charge in [-0.1, -0.05) is 39.5 Å². The highest BCUT2D eigenvalue weighted by atomic mass is 15.2. The Morgan fingerprint density at radius 3 is 2.25 bits per heavy atom. The lowest BCUT2D eigenvalue weighted by molar-refractivity contribution is 0.0623. The number of hydrogen-bond donors (Lipinski definition) is 1. The first kappa shape index (κ1) is 16.3. The minimum atomic E-state index is 0.723. The van der Waals surface area contributed by atoms with Crippen LogP contribution in [-0.2, 0) is 0 Å². The van der Waals surface area contributed by atoms with Gasteiger partial charge >= 0.3 is 0 Å². The largest absolute Gasteiger partial charge is 0.313 e. The zero-order chi connectivity index (χ0) is 14.3. The molecule has 118 valence electrons. The highest BCUT2D eigenvalue weighted by molar-refractivity contribution is 4.89. The van der Waals surface area contributed by atoms with Crippen molar-refractivity contribution >= 4 is 0 Å². The monoisotopic (exact) mass is 280 g/mol. The SMILES string of the molecule is CCCNC(CCC)CN1CCC2(CCCCC2)CC1. The van der Waals surface area contributed by atoms with E-state index < -0.39 is 0 Å². The number of nitrogens with one attached hydrogen (secondary N) is 1. The summed E-state index contributed by atoms with van der Waals surface area (Å²) >= 11 is 0. The second-order valence-electron chi connectivity index (χ2n) is 7.30. The van der Waals surface area contributed by atoms with Crippen LogP contribution in [0.25, 0.3) is 0 Å². The van der Waals surface area contributed by atoms with Crippen molar-refractivity contribution in [1.82, 2.24) is 10.2 Å². The summed E-state index contributed by atoms with van der Waals surface area (Å²) in [6, 6.07) is 0.723. The third kappa shape index (κ3) is 4.73. The maximum atomic E-state index is 3.75. The highest BCUT2D eigenvalue weighted by Crippen LogP contribution is 2.44. The molecule has 20 heavy (non-hydrogen) atoms. The molecule has 0 aromatic rings. The minimum absolute atomic E-state index is 0.723. The summed E-state index contributed by atoms with van der Waals surface area (Å²) in [5, 5.41) is 3.75. The average Bonchev–Trinajstić information content (AvgIpc) is 2.48. The van der Waals surface area contributed by atoms with E-state index in [2.05, 4.69) is 24.1 Å². The van der Waals surface area contributed by atoms with Gasteiger partial charge in [-0.3, -0.25) is 0 Å². The smallest absolute Gasteiger partial charge is 0.0194 e. The Morgan fingerprint density at radius 2 is 1.65 bits per heavy atom. The Hall–Kier alpha value is -0.0800. The molecule has 0 aromatic carbocycles. The molecule has 1 spiro atoms. The van der Waals surface area contributed by atoms with Crippen LogP contribution in [0.5, 0.6) is 0 Å². The lowest BCUT2D eigenvalue weighted by Gasteiger charge is -2.45. The summed E-state index contributed by atoms with van der Waals surface area (Å²) in [4.78, 5) is 2.74. The first-order valence-electron chi connectivity index (χ1n) is 9.24. The Balaban J connectivity index is 1.74. The van der Waals surface area contributed by atoms with Crippen molar-refractivity contribution < 1.29 is 0 Å². The fourth-order valence-electron chi connectivity index (χ4n) is 4.28. The first-order valence-corrected chi connectivity index (χ1v) is 9.24. The van der Waals surface area contributed by atoms with Crippen molar-refractivity contribution in [2.75, 3.05) is 26.2 Å². The van der Waals surface area contributed by atoms with Gasteiger partial charge in [0.1, 0.15) is 0 Å². The second-order valence-corrected chi connectivity index (χ2v) is 7.30. The van der Waals surface area contributed by atoms with Crippen LogP contribution in [0.3, 0.4) is 0 Å². The molecule has 0 bridgehead atoms. The number of nitrogens with zero attached hydrogens (tertiary/aromatic N) is 1. The van der Waals surface area contributed by atoms with Gasteiger partial charge in [-0.2, -0.15) is 0 Å². The molecule has 2 nitrogen and oxygen atoms in total. The van der Waals surface area contributed by atoms with E-state index in [1.54, 1.807) is 0 Å². The lowest BCUT2D eigenvalue weighted by atomic mass is 9.68. The van der Waals surface area contributed by atoms with Crippen LogP contribution in [0.15, 0.2) is 0 Å². The summed E-state index contributed by atoms with van der Waals surface area (Å²) in [6.45, 7) is 9.76. The van der Waals surface area contributed by atoms with Crippen molar-refractivity contribution in [3.8, 4) is 0 Å². The van der Waals surface area contributed by atoms with Crippen LogP contribution in [0.2, 0.25) is 0 Å². The third-order valence-corrected chi connectivity index (χ3v) is 5.63. The molecule has 2 rings (SSSR count). The molecular weight excluding hydrogens is 244 g/mol. The van der Waals surface area contributed by atoms with Crippen molar-refractivity contribution in [2.45, 2.75) is 84.1 Å². The van der Waals surface area contributed by atoms with Crippen molar-refractivity contribution in [3.63, 3.8) is 0 Å². The normalized spacial score (nSPS) is 24.9. The summed E-state index contributed by atoms with van der Waals surface area (Å²) in [6.07, 6.45) is 14.4. The van der Waals surface area contributed by atoms with Crippen LogP contribution < -0.4 is 5.32 Å². The number of likely N-dealkylation sites (tertiary alicyclic amines) is 1. The number of rotatable bonds is 7. The third-order valence-electron chi connectivity index (χ3n) is 5.63. The number of hydrogen-bond acceptors (Lipinski definition) is 2. The molecule has 1 aliphatic heterocycles. The molecule has 1 saturated heterocycles. The maximum Gasteiger partial charge on any atom is 0.0194 e. The van der Waals surface area contributed by atoms with E-state index in [4.69, 9.17) is 0 Å². The van der Waals surface area contributed by atoms with Crippen LogP contribution >= 0.6 is 0 Å². The molecule has 1 unspecified atom stereocenters. The fourth-order valence-corrected chi connectivity index (χ4v) is 4.28. The van der Waals surface area contributed by atoms with Gasteiger partial charge in [0.05, 0.1) is 0 Å². The molecule has 2 fully saturated rings. The van der Waals surface area contributed by atoms with Crippen molar-refractivity contribution in [3.05, 3.63) is 0 Å². The van der Waals surface area contributed by atoms with Gasteiger partial charge in [-0.25, -0.2) is 0 Å². The molecule has 1 saturated carbocycles. The van der Waals surface area contributed by atoms with Gasteiger partial charge in [-0.15, -0.1) is 0 Å². The van der Waals surface area contributed by atoms with Gasteiger partial charge in [0, 0.05) is 12.6 Å². The van der Waals surface area contributed by atoms with Crippen molar-refractivity contribution in [2.24, 2.45) is 5.41 Å². The molecule has 1 N–H and O–H groups in total.